The van der Waals surface area contributed by atoms with E-state index in [1.54, 1.807) is 0 Å². The number of hydrogen-bond acceptors (Lipinski definition) is 4. The first-order chi connectivity index (χ1) is 14.7. The summed E-state index contributed by atoms with van der Waals surface area (Å²) in [6.45, 7) is 11.4. The zero-order chi connectivity index (χ0) is 22.4. The van der Waals surface area contributed by atoms with Gasteiger partial charge < -0.3 is 10.6 Å². The summed E-state index contributed by atoms with van der Waals surface area (Å²) in [7, 11) is 0. The Balaban J connectivity index is 1.53. The molecule has 0 radical (unpaired) electrons. The first kappa shape index (κ1) is 23.5. The van der Waals surface area contributed by atoms with E-state index < -0.39 is 5.41 Å². The maximum Gasteiger partial charge on any atom is 0.261 e. The molecule has 2 aromatic rings. The molecule has 168 valence electrons. The van der Waals surface area contributed by atoms with E-state index >= 15 is 0 Å². The highest BCUT2D eigenvalue weighted by Gasteiger charge is 2.23. The second-order valence-electron chi connectivity index (χ2n) is 9.52. The number of likely N-dealkylation sites (tertiary alicyclic amines) is 1. The van der Waals surface area contributed by atoms with Crippen molar-refractivity contribution in [2.75, 3.05) is 18.4 Å². The molecule has 2 N–H and O–H groups in total. The van der Waals surface area contributed by atoms with E-state index in [1.807, 2.05) is 33.8 Å². The number of thiophene rings is 1. The summed E-state index contributed by atoms with van der Waals surface area (Å²) < 4.78 is 0. The highest BCUT2D eigenvalue weighted by atomic mass is 32.1. The largest absolute Gasteiger partial charge is 0.347 e. The molecule has 0 atom stereocenters. The minimum absolute atomic E-state index is 0.0547. The molecule has 2 heterocycles. The number of benzene rings is 1. The maximum atomic E-state index is 12.7. The van der Waals surface area contributed by atoms with Crippen LogP contribution in [0.4, 0.5) is 5.00 Å². The van der Waals surface area contributed by atoms with Crippen LogP contribution in [0.2, 0.25) is 0 Å². The lowest BCUT2D eigenvalue weighted by molar-refractivity contribution is -0.123. The van der Waals surface area contributed by atoms with Gasteiger partial charge in [-0.15, -0.1) is 11.3 Å². The molecule has 0 spiro atoms. The van der Waals surface area contributed by atoms with Gasteiger partial charge in [0, 0.05) is 18.5 Å². The fourth-order valence-electron chi connectivity index (χ4n) is 3.65. The van der Waals surface area contributed by atoms with Crippen LogP contribution in [0.25, 0.3) is 0 Å². The fourth-order valence-corrected chi connectivity index (χ4v) is 4.63. The van der Waals surface area contributed by atoms with Crippen molar-refractivity contribution >= 4 is 28.2 Å². The molecule has 0 bridgehead atoms. The third kappa shape index (κ3) is 6.91. The number of anilines is 1. The Kier molecular flexibility index (Phi) is 7.89. The van der Waals surface area contributed by atoms with Crippen LogP contribution >= 0.6 is 11.3 Å². The van der Waals surface area contributed by atoms with E-state index in [1.165, 1.54) is 55.7 Å². The highest BCUT2D eigenvalue weighted by molar-refractivity contribution is 7.18. The minimum atomic E-state index is -0.473. The molecule has 6 heteroatoms. The van der Waals surface area contributed by atoms with E-state index in [0.717, 1.165) is 17.7 Å². The van der Waals surface area contributed by atoms with Crippen LogP contribution in [-0.4, -0.2) is 29.8 Å². The van der Waals surface area contributed by atoms with Crippen molar-refractivity contribution in [3.05, 3.63) is 51.9 Å². The summed E-state index contributed by atoms with van der Waals surface area (Å²) >= 11 is 1.32. The van der Waals surface area contributed by atoms with E-state index in [0.29, 0.717) is 16.4 Å². The number of aryl methyl sites for hydroxylation is 1. The number of rotatable bonds is 6. The molecule has 1 saturated heterocycles. The van der Waals surface area contributed by atoms with Crippen LogP contribution < -0.4 is 10.6 Å². The Morgan fingerprint density at radius 3 is 2.23 bits per heavy atom. The molecule has 1 aliphatic heterocycles. The SMILES string of the molecule is Cc1cc(NC(=O)C(C)(C)C)sc1C(=O)NCc1ccc(CN2CCCCCC2)cc1. The van der Waals surface area contributed by atoms with Crippen molar-refractivity contribution < 1.29 is 9.59 Å². The molecule has 0 unspecified atom stereocenters. The van der Waals surface area contributed by atoms with E-state index in [4.69, 9.17) is 0 Å². The second-order valence-corrected chi connectivity index (χ2v) is 10.6. The number of carbonyl (C=O) groups is 2. The number of hydrogen-bond donors (Lipinski definition) is 2. The number of amides is 2. The average Bonchev–Trinajstić information content (AvgIpc) is 2.90. The third-order valence-corrected chi connectivity index (χ3v) is 6.77. The molecule has 31 heavy (non-hydrogen) atoms. The minimum Gasteiger partial charge on any atom is -0.347 e. The predicted molar refractivity (Wildman–Crippen MR) is 128 cm³/mol. The van der Waals surface area contributed by atoms with E-state index in [9.17, 15) is 9.59 Å². The summed E-state index contributed by atoms with van der Waals surface area (Å²) in [5, 5.41) is 6.63. The molecule has 0 aliphatic carbocycles. The summed E-state index contributed by atoms with van der Waals surface area (Å²) in [5.74, 6) is -0.159. The topological polar surface area (TPSA) is 61.4 Å². The normalized spacial score (nSPS) is 15.4. The number of nitrogens with zero attached hydrogens (tertiary/aromatic N) is 1. The summed E-state index contributed by atoms with van der Waals surface area (Å²) in [4.78, 5) is 28.1. The van der Waals surface area contributed by atoms with Crippen LogP contribution in [0, 0.1) is 12.3 Å². The summed E-state index contributed by atoms with van der Waals surface area (Å²) in [6.07, 6.45) is 5.30. The van der Waals surface area contributed by atoms with Crippen LogP contribution in [0.1, 0.15) is 72.8 Å². The number of carbonyl (C=O) groups excluding carboxylic acids is 2. The highest BCUT2D eigenvalue weighted by Crippen LogP contribution is 2.28. The maximum absolute atomic E-state index is 12.7. The van der Waals surface area contributed by atoms with Gasteiger partial charge in [-0.2, -0.15) is 0 Å². The van der Waals surface area contributed by atoms with Gasteiger partial charge >= 0.3 is 0 Å². The Hall–Kier alpha value is -2.18. The average molecular weight is 442 g/mol. The Morgan fingerprint density at radius 1 is 1.00 bits per heavy atom. The fraction of sp³-hybridized carbons (Fsp3) is 0.520. The molecule has 0 saturated carbocycles. The summed E-state index contributed by atoms with van der Waals surface area (Å²) in [5.41, 5.74) is 2.81. The molecule has 1 fully saturated rings. The first-order valence-electron chi connectivity index (χ1n) is 11.2. The molecule has 5 nitrogen and oxygen atoms in total. The summed E-state index contributed by atoms with van der Waals surface area (Å²) in [6, 6.07) is 10.4. The smallest absolute Gasteiger partial charge is 0.261 e. The van der Waals surface area contributed by atoms with Gasteiger partial charge in [0.05, 0.1) is 9.88 Å². The molecule has 3 rings (SSSR count). The van der Waals surface area contributed by atoms with E-state index in [2.05, 4.69) is 39.8 Å². The quantitative estimate of drug-likeness (QED) is 0.635. The Bertz CT molecular complexity index is 888. The number of nitrogens with one attached hydrogen (secondary N) is 2. The first-order valence-corrected chi connectivity index (χ1v) is 12.0. The lowest BCUT2D eigenvalue weighted by atomic mass is 9.96. The molecule has 1 aromatic carbocycles. The molecule has 2 amide bonds. The van der Waals surface area contributed by atoms with Crippen molar-refractivity contribution in [3.8, 4) is 0 Å². The Labute approximate surface area is 190 Å². The Morgan fingerprint density at radius 2 is 1.61 bits per heavy atom. The van der Waals surface area contributed by atoms with Crippen LogP contribution in [0.3, 0.4) is 0 Å². The van der Waals surface area contributed by atoms with Crippen molar-refractivity contribution in [1.82, 2.24) is 10.2 Å². The van der Waals surface area contributed by atoms with Gasteiger partial charge in [-0.1, -0.05) is 57.9 Å². The predicted octanol–water partition coefficient (Wildman–Crippen LogP) is 5.35. The van der Waals surface area contributed by atoms with Gasteiger partial charge in [-0.3, -0.25) is 14.5 Å². The van der Waals surface area contributed by atoms with Crippen molar-refractivity contribution in [2.24, 2.45) is 5.41 Å². The lowest BCUT2D eigenvalue weighted by Crippen LogP contribution is -2.27. The van der Waals surface area contributed by atoms with Crippen LogP contribution in [-0.2, 0) is 17.9 Å². The van der Waals surface area contributed by atoms with Crippen LogP contribution in [0.15, 0.2) is 30.3 Å². The second kappa shape index (κ2) is 10.4. The standard InChI is InChI=1S/C25H35N3O2S/c1-18-15-21(27-24(30)25(2,3)4)31-22(18)23(29)26-16-19-9-11-20(12-10-19)17-28-13-7-5-6-8-14-28/h9-12,15H,5-8,13-14,16-17H2,1-4H3,(H,26,29)(H,27,30). The van der Waals surface area contributed by atoms with Gasteiger partial charge in [0.1, 0.15) is 0 Å². The zero-order valence-corrected chi connectivity index (χ0v) is 20.0. The van der Waals surface area contributed by atoms with Gasteiger partial charge in [0.2, 0.25) is 5.91 Å². The molecule has 1 aromatic heterocycles. The van der Waals surface area contributed by atoms with Crippen molar-refractivity contribution in [1.29, 1.82) is 0 Å². The van der Waals surface area contributed by atoms with Gasteiger partial charge in [-0.25, -0.2) is 0 Å². The lowest BCUT2D eigenvalue weighted by Gasteiger charge is -2.19. The van der Waals surface area contributed by atoms with E-state index in [-0.39, 0.29) is 11.8 Å². The van der Waals surface area contributed by atoms with Crippen molar-refractivity contribution in [2.45, 2.75) is 66.5 Å². The molecular weight excluding hydrogens is 406 g/mol. The van der Waals surface area contributed by atoms with Gasteiger partial charge in [0.15, 0.2) is 0 Å². The molecule has 1 aliphatic rings. The third-order valence-electron chi connectivity index (χ3n) is 5.62. The van der Waals surface area contributed by atoms with Gasteiger partial charge in [0.25, 0.3) is 5.91 Å². The molecular formula is C25H35N3O2S. The monoisotopic (exact) mass is 441 g/mol. The van der Waals surface area contributed by atoms with Crippen LogP contribution in [0.5, 0.6) is 0 Å². The van der Waals surface area contributed by atoms with Crippen molar-refractivity contribution in [3.63, 3.8) is 0 Å². The zero-order valence-electron chi connectivity index (χ0n) is 19.2. The van der Waals surface area contributed by atoms with Gasteiger partial charge in [-0.05, 0) is 55.6 Å².